The molecule has 0 aromatic rings. The van der Waals surface area contributed by atoms with Crippen LogP contribution in [0.15, 0.2) is 0 Å². The molecule has 0 aromatic heterocycles. The molecule has 0 amide bonds. The van der Waals surface area contributed by atoms with Gasteiger partial charge in [0.2, 0.25) is 0 Å². The lowest BCUT2D eigenvalue weighted by Gasteiger charge is -2.28. The zero-order chi connectivity index (χ0) is 43.4. The number of likely N-dealkylation sites (N-methyl/N-ethyl adjacent to an activating group) is 1. The molecule has 0 fully saturated rings. The minimum atomic E-state index is -4.52. The van der Waals surface area contributed by atoms with Gasteiger partial charge < -0.3 is 27.9 Å². The zero-order valence-corrected chi connectivity index (χ0v) is 41.1. The van der Waals surface area contributed by atoms with E-state index in [1.807, 2.05) is 21.1 Å². The molecule has 0 N–H and O–H groups in total. The number of hydrogen-bond acceptors (Lipinski definition) is 7. The van der Waals surface area contributed by atoms with Crippen LogP contribution in [0.1, 0.15) is 258 Å². The van der Waals surface area contributed by atoms with Gasteiger partial charge in [0.15, 0.2) is 0 Å². The number of carbonyl (C=O) groups is 1. The number of unbranched alkanes of at least 4 members (excludes halogenated alkanes) is 35. The average Bonchev–Trinajstić information content (AvgIpc) is 3.19. The van der Waals surface area contributed by atoms with Crippen LogP contribution in [0.5, 0.6) is 0 Å². The molecule has 9 heteroatoms. The van der Waals surface area contributed by atoms with Gasteiger partial charge in [0.1, 0.15) is 19.3 Å². The van der Waals surface area contributed by atoms with Gasteiger partial charge in [-0.2, -0.15) is 0 Å². The number of hydrogen-bond donors (Lipinski definition) is 0. The third kappa shape index (κ3) is 48.4. The van der Waals surface area contributed by atoms with Gasteiger partial charge in [-0.3, -0.25) is 9.36 Å². The summed E-state index contributed by atoms with van der Waals surface area (Å²) < 4.78 is 34.8. The Morgan fingerprint density at radius 1 is 0.458 bits per heavy atom. The molecule has 0 rings (SSSR count). The summed E-state index contributed by atoms with van der Waals surface area (Å²) in [5.41, 5.74) is 0. The molecule has 0 heterocycles. The first-order valence-corrected chi connectivity index (χ1v) is 27.2. The average molecular weight is 860 g/mol. The second-order valence-corrected chi connectivity index (χ2v) is 20.3. The maximum absolute atomic E-state index is 12.7. The largest absolute Gasteiger partial charge is 0.756 e. The fourth-order valence-electron chi connectivity index (χ4n) is 7.67. The van der Waals surface area contributed by atoms with E-state index in [0.29, 0.717) is 24.1 Å². The van der Waals surface area contributed by atoms with E-state index in [1.165, 1.54) is 205 Å². The monoisotopic (exact) mass is 860 g/mol. The van der Waals surface area contributed by atoms with Gasteiger partial charge in [-0.1, -0.05) is 239 Å². The number of esters is 1. The van der Waals surface area contributed by atoms with Crippen molar-refractivity contribution in [2.24, 2.45) is 0 Å². The topological polar surface area (TPSA) is 94.1 Å². The summed E-state index contributed by atoms with van der Waals surface area (Å²) in [6.45, 7) is 5.49. The van der Waals surface area contributed by atoms with Crippen LogP contribution in [-0.4, -0.2) is 70.7 Å². The summed E-state index contributed by atoms with van der Waals surface area (Å²) in [6.07, 6.45) is 48.4. The summed E-state index contributed by atoms with van der Waals surface area (Å²) in [5.74, 6) is -0.325. The molecule has 59 heavy (non-hydrogen) atoms. The molecule has 1 unspecified atom stereocenters. The number of phosphoric ester groups is 1. The van der Waals surface area contributed by atoms with Crippen LogP contribution < -0.4 is 4.89 Å². The van der Waals surface area contributed by atoms with Crippen LogP contribution in [0.2, 0.25) is 0 Å². The molecule has 0 bridgehead atoms. The standard InChI is InChI=1S/C50H102NO7P/c1-6-8-10-12-14-16-18-20-22-24-25-26-27-28-29-31-33-35-37-39-41-43-50(52)58-49(48-57-59(53,54)56-46-44-51(3,4)5)47-55-45-42-40-38-36-34-32-30-23-21-19-17-15-13-11-9-7-2/h49H,6-48H2,1-5H3/t49-/m1/s1. The van der Waals surface area contributed by atoms with Crippen molar-refractivity contribution in [1.82, 2.24) is 0 Å². The van der Waals surface area contributed by atoms with Gasteiger partial charge in [0.25, 0.3) is 7.82 Å². The van der Waals surface area contributed by atoms with Crippen LogP contribution in [0.3, 0.4) is 0 Å². The minimum Gasteiger partial charge on any atom is -0.756 e. The third-order valence-corrected chi connectivity index (χ3v) is 12.6. The van der Waals surface area contributed by atoms with Crippen LogP contribution in [-0.2, 0) is 27.9 Å². The summed E-state index contributed by atoms with van der Waals surface area (Å²) >= 11 is 0. The van der Waals surface area contributed by atoms with Crippen molar-refractivity contribution in [2.75, 3.05) is 54.1 Å². The van der Waals surface area contributed by atoms with E-state index in [2.05, 4.69) is 13.8 Å². The predicted octanol–water partition coefficient (Wildman–Crippen LogP) is 15.0. The predicted molar refractivity (Wildman–Crippen MR) is 250 cm³/mol. The maximum Gasteiger partial charge on any atom is 0.306 e. The van der Waals surface area contributed by atoms with Crippen molar-refractivity contribution in [2.45, 2.75) is 264 Å². The highest BCUT2D eigenvalue weighted by Crippen LogP contribution is 2.38. The smallest absolute Gasteiger partial charge is 0.306 e. The van der Waals surface area contributed by atoms with Crippen molar-refractivity contribution < 1.29 is 37.3 Å². The van der Waals surface area contributed by atoms with Crippen LogP contribution in [0.25, 0.3) is 0 Å². The Balaban J connectivity index is 4.07. The Labute approximate surface area is 368 Å². The molecular weight excluding hydrogens is 758 g/mol. The SMILES string of the molecule is CCCCCCCCCCCCCCCCCCCCCCCC(=O)O[C@H](COCCCCCCCCCCCCCCCCCC)COP(=O)([O-])OCC[N+](C)(C)C. The van der Waals surface area contributed by atoms with E-state index in [-0.39, 0.29) is 25.8 Å². The number of rotatable bonds is 49. The number of ether oxygens (including phenoxy) is 2. The van der Waals surface area contributed by atoms with E-state index >= 15 is 0 Å². The van der Waals surface area contributed by atoms with Gasteiger partial charge in [0.05, 0.1) is 34.4 Å². The molecule has 0 spiro atoms. The van der Waals surface area contributed by atoms with Crippen LogP contribution in [0.4, 0.5) is 0 Å². The lowest BCUT2D eigenvalue weighted by atomic mass is 10.0. The van der Waals surface area contributed by atoms with Gasteiger partial charge >= 0.3 is 5.97 Å². The highest BCUT2D eigenvalue weighted by molar-refractivity contribution is 7.45. The minimum absolute atomic E-state index is 0.0317. The second kappa shape index (κ2) is 44.1. The zero-order valence-electron chi connectivity index (χ0n) is 40.2. The first-order valence-electron chi connectivity index (χ1n) is 25.8. The normalized spacial score (nSPS) is 13.5. The van der Waals surface area contributed by atoms with Gasteiger partial charge in [-0.15, -0.1) is 0 Å². The lowest BCUT2D eigenvalue weighted by Crippen LogP contribution is -2.37. The van der Waals surface area contributed by atoms with Gasteiger partial charge in [-0.05, 0) is 12.8 Å². The molecule has 0 aromatic carbocycles. The van der Waals surface area contributed by atoms with Crippen molar-refractivity contribution >= 4 is 13.8 Å². The number of quaternary nitrogens is 1. The highest BCUT2D eigenvalue weighted by Gasteiger charge is 2.20. The molecule has 354 valence electrons. The molecule has 0 aliphatic carbocycles. The maximum atomic E-state index is 12.7. The van der Waals surface area contributed by atoms with Crippen molar-refractivity contribution in [3.8, 4) is 0 Å². The van der Waals surface area contributed by atoms with E-state index in [1.54, 1.807) is 0 Å². The Hall–Kier alpha value is -0.500. The second-order valence-electron chi connectivity index (χ2n) is 18.9. The molecule has 0 saturated carbocycles. The van der Waals surface area contributed by atoms with E-state index in [9.17, 15) is 14.3 Å². The highest BCUT2D eigenvalue weighted by atomic mass is 31.2. The van der Waals surface area contributed by atoms with Crippen LogP contribution in [0, 0.1) is 0 Å². The lowest BCUT2D eigenvalue weighted by molar-refractivity contribution is -0.870. The van der Waals surface area contributed by atoms with E-state index in [4.69, 9.17) is 18.5 Å². The van der Waals surface area contributed by atoms with Gasteiger partial charge in [0, 0.05) is 13.0 Å². The molecule has 0 aliphatic rings. The quantitative estimate of drug-likeness (QED) is 0.0260. The van der Waals surface area contributed by atoms with Gasteiger partial charge in [-0.25, -0.2) is 0 Å². The molecule has 8 nitrogen and oxygen atoms in total. The summed E-state index contributed by atoms with van der Waals surface area (Å²) in [6, 6.07) is 0. The first kappa shape index (κ1) is 58.5. The third-order valence-electron chi connectivity index (χ3n) is 11.7. The molecule has 0 saturated heterocycles. The summed E-state index contributed by atoms with van der Waals surface area (Å²) in [7, 11) is 1.38. The Morgan fingerprint density at radius 2 is 0.780 bits per heavy atom. The van der Waals surface area contributed by atoms with Crippen molar-refractivity contribution in [3.63, 3.8) is 0 Å². The fourth-order valence-corrected chi connectivity index (χ4v) is 8.40. The Kier molecular flexibility index (Phi) is 43.7. The molecular formula is C50H102NO7P. The van der Waals surface area contributed by atoms with E-state index in [0.717, 1.165) is 32.1 Å². The first-order chi connectivity index (χ1) is 28.6. The fraction of sp³-hybridized carbons (Fsp3) is 0.980. The molecule has 2 atom stereocenters. The number of carbonyl (C=O) groups excluding carboxylic acids is 1. The summed E-state index contributed by atoms with van der Waals surface area (Å²) in [4.78, 5) is 25.2. The van der Waals surface area contributed by atoms with Crippen molar-refractivity contribution in [3.05, 3.63) is 0 Å². The number of nitrogens with zero attached hydrogens (tertiary/aromatic N) is 1. The summed E-state index contributed by atoms with van der Waals surface area (Å²) in [5, 5.41) is 0. The Bertz CT molecular complexity index is 914. The molecule has 0 aliphatic heterocycles. The number of phosphoric acid groups is 1. The van der Waals surface area contributed by atoms with E-state index < -0.39 is 13.9 Å². The van der Waals surface area contributed by atoms with Crippen molar-refractivity contribution in [1.29, 1.82) is 0 Å². The Morgan fingerprint density at radius 3 is 1.12 bits per heavy atom. The molecule has 0 radical (unpaired) electrons. The van der Waals surface area contributed by atoms with Crippen LogP contribution >= 0.6 is 7.82 Å².